The van der Waals surface area contributed by atoms with Crippen molar-refractivity contribution in [1.82, 2.24) is 4.98 Å². The maximum Gasteiger partial charge on any atom is 0.181 e. The van der Waals surface area contributed by atoms with E-state index in [1.807, 2.05) is 13.8 Å². The summed E-state index contributed by atoms with van der Waals surface area (Å²) in [6.45, 7) is 5.55. The van der Waals surface area contributed by atoms with Gasteiger partial charge in [0.2, 0.25) is 0 Å². The molecule has 74 valence electrons. The van der Waals surface area contributed by atoms with Gasteiger partial charge in [-0.05, 0) is 13.8 Å². The topological polar surface area (TPSA) is 48.1 Å². The van der Waals surface area contributed by atoms with E-state index < -0.39 is 0 Å². The Morgan fingerprint density at radius 3 is 2.92 bits per heavy atom. The van der Waals surface area contributed by atoms with Crippen LogP contribution in [0.1, 0.15) is 12.6 Å². The second-order valence-corrected chi connectivity index (χ2v) is 4.86. The molecule has 0 amide bonds. The average molecular weight is 218 g/mol. The number of aryl methyl sites for hydroxylation is 1. The van der Waals surface area contributed by atoms with Crippen LogP contribution in [-0.4, -0.2) is 24.0 Å². The largest absolute Gasteiger partial charge is 0.381 e. The van der Waals surface area contributed by atoms with Gasteiger partial charge in [0.1, 0.15) is 0 Å². The first-order chi connectivity index (χ1) is 6.24. The zero-order valence-electron chi connectivity index (χ0n) is 7.87. The van der Waals surface area contributed by atoms with Gasteiger partial charge in [-0.1, -0.05) is 11.3 Å². The van der Waals surface area contributed by atoms with E-state index in [9.17, 15) is 0 Å². The summed E-state index contributed by atoms with van der Waals surface area (Å²) < 4.78 is 6.44. The molecule has 0 saturated heterocycles. The molecule has 0 radical (unpaired) electrons. The van der Waals surface area contributed by atoms with Gasteiger partial charge >= 0.3 is 0 Å². The number of hydrogen-bond donors (Lipinski definition) is 1. The molecule has 0 aliphatic rings. The van der Waals surface area contributed by atoms with Crippen LogP contribution in [0.3, 0.4) is 0 Å². The summed E-state index contributed by atoms with van der Waals surface area (Å²) in [4.78, 5) is 4.14. The summed E-state index contributed by atoms with van der Waals surface area (Å²) in [5.41, 5.74) is 6.60. The van der Waals surface area contributed by atoms with Crippen molar-refractivity contribution in [2.75, 3.05) is 24.7 Å². The Bertz CT molecular complexity index is 263. The lowest BCUT2D eigenvalue weighted by molar-refractivity contribution is 0.164. The van der Waals surface area contributed by atoms with Gasteiger partial charge in [-0.2, -0.15) is 0 Å². The van der Waals surface area contributed by atoms with Crippen LogP contribution in [0, 0.1) is 6.92 Å². The van der Waals surface area contributed by atoms with Crippen molar-refractivity contribution in [2.24, 2.45) is 0 Å². The molecule has 0 saturated carbocycles. The molecule has 1 aromatic heterocycles. The van der Waals surface area contributed by atoms with Gasteiger partial charge < -0.3 is 10.5 Å². The summed E-state index contributed by atoms with van der Waals surface area (Å²) >= 11 is 3.31. The van der Waals surface area contributed by atoms with Gasteiger partial charge in [0.15, 0.2) is 5.13 Å². The van der Waals surface area contributed by atoms with Crippen molar-refractivity contribution in [3.8, 4) is 0 Å². The second kappa shape index (κ2) is 5.47. The molecule has 0 fully saturated rings. The zero-order valence-corrected chi connectivity index (χ0v) is 9.50. The molecule has 0 aliphatic carbocycles. The number of nitrogens with zero attached hydrogens (tertiary/aromatic N) is 1. The molecule has 0 spiro atoms. The van der Waals surface area contributed by atoms with Gasteiger partial charge in [-0.25, -0.2) is 4.98 Å². The van der Waals surface area contributed by atoms with E-state index in [1.54, 1.807) is 23.1 Å². The lowest BCUT2D eigenvalue weighted by Crippen LogP contribution is -1.95. The molecule has 5 heteroatoms. The number of nitrogen functional groups attached to an aromatic ring is 1. The van der Waals surface area contributed by atoms with Crippen LogP contribution in [0.25, 0.3) is 0 Å². The fourth-order valence-corrected chi connectivity index (χ4v) is 2.82. The molecule has 0 aliphatic heterocycles. The molecular weight excluding hydrogens is 204 g/mol. The summed E-state index contributed by atoms with van der Waals surface area (Å²) in [6.07, 6.45) is 0. The van der Waals surface area contributed by atoms with Crippen LogP contribution in [0.4, 0.5) is 5.13 Å². The minimum Gasteiger partial charge on any atom is -0.381 e. The van der Waals surface area contributed by atoms with Gasteiger partial charge in [0.25, 0.3) is 0 Å². The molecule has 1 heterocycles. The Morgan fingerprint density at radius 1 is 1.62 bits per heavy atom. The SMILES string of the molecule is CCOCCSc1sc(N)nc1C. The molecule has 2 N–H and O–H groups in total. The molecule has 3 nitrogen and oxygen atoms in total. The van der Waals surface area contributed by atoms with E-state index in [2.05, 4.69) is 4.98 Å². The molecule has 13 heavy (non-hydrogen) atoms. The number of ether oxygens (including phenoxy) is 1. The molecule has 1 aromatic rings. The number of aromatic nitrogens is 1. The number of nitrogens with two attached hydrogens (primary N) is 1. The molecule has 0 atom stereocenters. The van der Waals surface area contributed by atoms with Crippen molar-refractivity contribution in [1.29, 1.82) is 0 Å². The highest BCUT2D eigenvalue weighted by Gasteiger charge is 2.04. The summed E-state index contributed by atoms with van der Waals surface area (Å²) in [5.74, 6) is 0.969. The standard InChI is InChI=1S/C8H14N2OS2/c1-3-11-4-5-12-7-6(2)10-8(9)13-7/h3-5H2,1-2H3,(H2,9,10). The van der Waals surface area contributed by atoms with Gasteiger partial charge in [0, 0.05) is 12.4 Å². The Kier molecular flexibility index (Phi) is 4.55. The number of anilines is 1. The van der Waals surface area contributed by atoms with Crippen molar-refractivity contribution in [3.63, 3.8) is 0 Å². The minimum atomic E-state index is 0.649. The Hall–Kier alpha value is -0.260. The van der Waals surface area contributed by atoms with Crippen molar-refractivity contribution in [3.05, 3.63) is 5.69 Å². The number of thioether (sulfide) groups is 1. The van der Waals surface area contributed by atoms with Crippen molar-refractivity contribution >= 4 is 28.2 Å². The lowest BCUT2D eigenvalue weighted by Gasteiger charge is -1.99. The summed E-state index contributed by atoms with van der Waals surface area (Å²) in [5, 5.41) is 0.649. The van der Waals surface area contributed by atoms with Crippen LogP contribution in [0.2, 0.25) is 0 Å². The fraction of sp³-hybridized carbons (Fsp3) is 0.625. The maximum atomic E-state index is 5.57. The predicted octanol–water partition coefficient (Wildman–Crippen LogP) is 2.16. The molecule has 0 aromatic carbocycles. The van der Waals surface area contributed by atoms with Crippen LogP contribution in [0.5, 0.6) is 0 Å². The third-order valence-corrected chi connectivity index (χ3v) is 3.75. The summed E-state index contributed by atoms with van der Waals surface area (Å²) in [7, 11) is 0. The quantitative estimate of drug-likeness (QED) is 0.608. The van der Waals surface area contributed by atoms with Crippen LogP contribution < -0.4 is 5.73 Å². The smallest absolute Gasteiger partial charge is 0.181 e. The van der Waals surface area contributed by atoms with E-state index in [0.717, 1.165) is 24.7 Å². The first-order valence-corrected chi connectivity index (χ1v) is 5.97. The van der Waals surface area contributed by atoms with Crippen LogP contribution >= 0.6 is 23.1 Å². The molecule has 0 unspecified atom stereocenters. The monoisotopic (exact) mass is 218 g/mol. The third-order valence-electron chi connectivity index (χ3n) is 1.44. The molecule has 1 rings (SSSR count). The summed E-state index contributed by atoms with van der Waals surface area (Å²) in [6, 6.07) is 0. The van der Waals surface area contributed by atoms with Gasteiger partial charge in [-0.3, -0.25) is 0 Å². The average Bonchev–Trinajstić information content (AvgIpc) is 2.39. The van der Waals surface area contributed by atoms with Crippen LogP contribution in [0.15, 0.2) is 4.21 Å². The highest BCUT2D eigenvalue weighted by Crippen LogP contribution is 2.30. The van der Waals surface area contributed by atoms with Gasteiger partial charge in [0.05, 0.1) is 16.5 Å². The Balaban J connectivity index is 2.32. The Labute approximate surface area is 86.7 Å². The first-order valence-electron chi connectivity index (χ1n) is 4.17. The highest BCUT2D eigenvalue weighted by atomic mass is 32.2. The van der Waals surface area contributed by atoms with Crippen LogP contribution in [-0.2, 0) is 4.74 Å². The highest BCUT2D eigenvalue weighted by molar-refractivity contribution is 8.01. The Morgan fingerprint density at radius 2 is 2.38 bits per heavy atom. The number of thiazole rings is 1. The fourth-order valence-electron chi connectivity index (χ4n) is 0.874. The third kappa shape index (κ3) is 3.54. The predicted molar refractivity (Wildman–Crippen MR) is 58.5 cm³/mol. The van der Waals surface area contributed by atoms with E-state index in [1.165, 1.54) is 4.21 Å². The van der Waals surface area contributed by atoms with E-state index >= 15 is 0 Å². The van der Waals surface area contributed by atoms with E-state index in [4.69, 9.17) is 10.5 Å². The maximum absolute atomic E-state index is 5.57. The van der Waals surface area contributed by atoms with E-state index in [-0.39, 0.29) is 0 Å². The van der Waals surface area contributed by atoms with E-state index in [0.29, 0.717) is 5.13 Å². The molecule has 0 bridgehead atoms. The normalized spacial score (nSPS) is 10.6. The van der Waals surface area contributed by atoms with Gasteiger partial charge in [-0.15, -0.1) is 11.8 Å². The van der Waals surface area contributed by atoms with Crippen molar-refractivity contribution in [2.45, 2.75) is 18.1 Å². The number of rotatable bonds is 5. The second-order valence-electron chi connectivity index (χ2n) is 2.47. The first kappa shape index (κ1) is 10.8. The minimum absolute atomic E-state index is 0.649. The van der Waals surface area contributed by atoms with Crippen molar-refractivity contribution < 1.29 is 4.74 Å². The number of hydrogen-bond acceptors (Lipinski definition) is 5. The zero-order chi connectivity index (χ0) is 9.68. The molecular formula is C8H14N2OS2. The lowest BCUT2D eigenvalue weighted by atomic mass is 10.6.